The number of carbonyl (C=O) groups is 1. The molecule has 0 fully saturated rings. The predicted molar refractivity (Wildman–Crippen MR) is 124 cm³/mol. The van der Waals surface area contributed by atoms with E-state index in [9.17, 15) is 22.4 Å². The number of aliphatic imine (C=N–C) groups is 1. The number of nitrogens with zero attached hydrogens (tertiary/aromatic N) is 1. The second-order valence-corrected chi connectivity index (χ2v) is 6.58. The van der Waals surface area contributed by atoms with Crippen LogP contribution in [-0.4, -0.2) is 18.9 Å². The number of rotatable bonds is 7. The lowest BCUT2D eigenvalue weighted by atomic mass is 10.1. The number of hydrogen-bond donors (Lipinski definition) is 3. The van der Waals surface area contributed by atoms with Gasteiger partial charge in [-0.15, -0.1) is 24.0 Å². The lowest BCUT2D eigenvalue weighted by Gasteiger charge is -2.16. The zero-order valence-electron chi connectivity index (χ0n) is 17.1. The van der Waals surface area contributed by atoms with Crippen molar-refractivity contribution < 1.29 is 22.4 Å². The van der Waals surface area contributed by atoms with Gasteiger partial charge in [0.25, 0.3) is 0 Å². The number of benzene rings is 2. The van der Waals surface area contributed by atoms with Crippen LogP contribution in [-0.2, 0) is 24.1 Å². The van der Waals surface area contributed by atoms with Gasteiger partial charge >= 0.3 is 6.18 Å². The van der Waals surface area contributed by atoms with E-state index in [0.29, 0.717) is 24.7 Å². The number of guanidine groups is 1. The number of anilines is 1. The summed E-state index contributed by atoms with van der Waals surface area (Å²) in [6.07, 6.45) is -3.47. The Balaban J connectivity index is 0.00000480. The van der Waals surface area contributed by atoms with Crippen LogP contribution >= 0.6 is 24.0 Å². The van der Waals surface area contributed by atoms with Gasteiger partial charge in [0.05, 0.1) is 5.56 Å². The molecule has 31 heavy (non-hydrogen) atoms. The molecule has 0 saturated carbocycles. The number of halogens is 5. The third-order valence-corrected chi connectivity index (χ3v) is 4.19. The maximum absolute atomic E-state index is 13.2. The number of nitrogens with one attached hydrogen (secondary N) is 3. The van der Waals surface area contributed by atoms with Gasteiger partial charge in [0, 0.05) is 32.2 Å². The lowest BCUT2D eigenvalue weighted by Crippen LogP contribution is -2.36. The minimum Gasteiger partial charge on any atom is -0.352 e. The van der Waals surface area contributed by atoms with Gasteiger partial charge < -0.3 is 16.0 Å². The highest BCUT2D eigenvalue weighted by molar-refractivity contribution is 14.0. The first-order chi connectivity index (χ1) is 14.2. The molecule has 0 heterocycles. The number of hydrogen-bond acceptors (Lipinski definition) is 2. The maximum atomic E-state index is 13.2. The van der Waals surface area contributed by atoms with Gasteiger partial charge in [-0.3, -0.25) is 9.79 Å². The minimum absolute atomic E-state index is 0. The van der Waals surface area contributed by atoms with Crippen molar-refractivity contribution in [1.29, 1.82) is 0 Å². The largest absolute Gasteiger partial charge is 0.416 e. The SMILES string of the molecule is CCCC(=O)Nc1cccc(CNC(=NC)NCc2ccc(F)cc2C(F)(F)F)c1.I. The molecule has 3 N–H and O–H groups in total. The van der Waals surface area contributed by atoms with Gasteiger partial charge in [0.1, 0.15) is 5.82 Å². The molecular formula is C21H25F4IN4O. The van der Waals surface area contributed by atoms with Crippen molar-refractivity contribution >= 4 is 41.5 Å². The Hall–Kier alpha value is -2.37. The second kappa shape index (κ2) is 12.5. The zero-order chi connectivity index (χ0) is 22.1. The number of alkyl halides is 3. The summed E-state index contributed by atoms with van der Waals surface area (Å²) in [7, 11) is 1.49. The molecule has 0 atom stereocenters. The Morgan fingerprint density at radius 1 is 1.06 bits per heavy atom. The van der Waals surface area contributed by atoms with E-state index in [1.165, 1.54) is 7.05 Å². The van der Waals surface area contributed by atoms with E-state index in [0.717, 1.165) is 24.1 Å². The molecule has 0 spiro atoms. The Morgan fingerprint density at radius 2 is 1.77 bits per heavy atom. The van der Waals surface area contributed by atoms with E-state index in [-0.39, 0.29) is 48.0 Å². The van der Waals surface area contributed by atoms with Crippen LogP contribution in [0.1, 0.15) is 36.5 Å². The van der Waals surface area contributed by atoms with Crippen LogP contribution in [0.2, 0.25) is 0 Å². The van der Waals surface area contributed by atoms with Crippen molar-refractivity contribution in [3.63, 3.8) is 0 Å². The number of carbonyl (C=O) groups excluding carboxylic acids is 1. The predicted octanol–water partition coefficient (Wildman–Crippen LogP) is 5.07. The van der Waals surface area contributed by atoms with E-state index in [1.807, 2.05) is 13.0 Å². The molecule has 0 bridgehead atoms. The van der Waals surface area contributed by atoms with Gasteiger partial charge in [-0.1, -0.05) is 25.1 Å². The smallest absolute Gasteiger partial charge is 0.352 e. The molecule has 0 saturated heterocycles. The van der Waals surface area contributed by atoms with Crippen molar-refractivity contribution in [2.75, 3.05) is 12.4 Å². The summed E-state index contributed by atoms with van der Waals surface area (Å²) in [5.41, 5.74) is 0.398. The average Bonchev–Trinajstić information content (AvgIpc) is 2.68. The fraction of sp³-hybridized carbons (Fsp3) is 0.333. The summed E-state index contributed by atoms with van der Waals surface area (Å²) < 4.78 is 52.6. The molecule has 0 aliphatic rings. The summed E-state index contributed by atoms with van der Waals surface area (Å²) in [5.74, 6) is -0.729. The molecule has 0 aliphatic carbocycles. The molecule has 0 unspecified atom stereocenters. The van der Waals surface area contributed by atoms with Gasteiger partial charge in [0.15, 0.2) is 5.96 Å². The van der Waals surface area contributed by atoms with E-state index in [4.69, 9.17) is 0 Å². The fourth-order valence-electron chi connectivity index (χ4n) is 2.76. The van der Waals surface area contributed by atoms with E-state index >= 15 is 0 Å². The van der Waals surface area contributed by atoms with E-state index in [2.05, 4.69) is 20.9 Å². The highest BCUT2D eigenvalue weighted by Crippen LogP contribution is 2.32. The third kappa shape index (κ3) is 8.72. The van der Waals surface area contributed by atoms with Crippen molar-refractivity contribution in [2.45, 2.75) is 39.0 Å². The third-order valence-electron chi connectivity index (χ3n) is 4.19. The Bertz CT molecular complexity index is 903. The standard InChI is InChI=1S/C21H24F4N4O.HI/c1-3-5-19(30)29-17-7-4-6-14(10-17)12-27-20(26-2)28-13-15-8-9-16(22)11-18(15)21(23,24)25;/h4,6-11H,3,5,12-13H2,1-2H3,(H,29,30)(H2,26,27,28);1H. The zero-order valence-corrected chi connectivity index (χ0v) is 19.5. The van der Waals surface area contributed by atoms with E-state index in [1.54, 1.807) is 18.2 Å². The molecule has 0 aromatic heterocycles. The summed E-state index contributed by atoms with van der Waals surface area (Å²) >= 11 is 0. The second-order valence-electron chi connectivity index (χ2n) is 6.58. The molecule has 1 amide bonds. The summed E-state index contributed by atoms with van der Waals surface area (Å²) in [6.45, 7) is 2.08. The monoisotopic (exact) mass is 552 g/mol. The van der Waals surface area contributed by atoms with Crippen LogP contribution < -0.4 is 16.0 Å². The lowest BCUT2D eigenvalue weighted by molar-refractivity contribution is -0.138. The molecule has 2 rings (SSSR count). The number of amides is 1. The Kier molecular flexibility index (Phi) is 10.7. The topological polar surface area (TPSA) is 65.5 Å². The van der Waals surface area contributed by atoms with Crippen LogP contribution in [0.15, 0.2) is 47.5 Å². The molecule has 2 aromatic rings. The summed E-state index contributed by atoms with van der Waals surface area (Å²) in [6, 6.07) is 9.78. The summed E-state index contributed by atoms with van der Waals surface area (Å²) in [5, 5.41) is 8.61. The van der Waals surface area contributed by atoms with Crippen LogP contribution in [0, 0.1) is 5.82 Å². The molecule has 170 valence electrons. The quantitative estimate of drug-likeness (QED) is 0.195. The van der Waals surface area contributed by atoms with Crippen molar-refractivity contribution in [2.24, 2.45) is 4.99 Å². The highest BCUT2D eigenvalue weighted by Gasteiger charge is 2.33. The molecular weight excluding hydrogens is 527 g/mol. The minimum atomic E-state index is -4.65. The van der Waals surface area contributed by atoms with Crippen LogP contribution in [0.5, 0.6) is 0 Å². The highest BCUT2D eigenvalue weighted by atomic mass is 127. The fourth-order valence-corrected chi connectivity index (χ4v) is 2.76. The molecule has 5 nitrogen and oxygen atoms in total. The van der Waals surface area contributed by atoms with E-state index < -0.39 is 17.6 Å². The summed E-state index contributed by atoms with van der Waals surface area (Å²) in [4.78, 5) is 15.7. The molecule has 0 aliphatic heterocycles. The molecule has 0 radical (unpaired) electrons. The van der Waals surface area contributed by atoms with Crippen LogP contribution in [0.4, 0.5) is 23.2 Å². The normalized spacial score (nSPS) is 11.5. The van der Waals surface area contributed by atoms with Gasteiger partial charge in [-0.2, -0.15) is 13.2 Å². The van der Waals surface area contributed by atoms with Crippen molar-refractivity contribution in [3.8, 4) is 0 Å². The van der Waals surface area contributed by atoms with Crippen LogP contribution in [0.25, 0.3) is 0 Å². The first-order valence-corrected chi connectivity index (χ1v) is 9.42. The Labute approximate surface area is 195 Å². The van der Waals surface area contributed by atoms with Crippen LogP contribution in [0.3, 0.4) is 0 Å². The van der Waals surface area contributed by atoms with Crippen molar-refractivity contribution in [1.82, 2.24) is 10.6 Å². The molecule has 2 aromatic carbocycles. The average molecular weight is 552 g/mol. The first kappa shape index (κ1) is 26.7. The maximum Gasteiger partial charge on any atom is 0.416 e. The first-order valence-electron chi connectivity index (χ1n) is 9.42. The van der Waals surface area contributed by atoms with Gasteiger partial charge in [-0.05, 0) is 41.8 Å². The Morgan fingerprint density at radius 3 is 2.42 bits per heavy atom. The molecule has 10 heteroatoms. The van der Waals surface area contributed by atoms with Gasteiger partial charge in [0.2, 0.25) is 5.91 Å². The van der Waals surface area contributed by atoms with Crippen molar-refractivity contribution in [3.05, 3.63) is 65.0 Å². The van der Waals surface area contributed by atoms with Gasteiger partial charge in [-0.25, -0.2) is 4.39 Å².